The SMILES string of the molecule is CC[C@H](NC(=O)NC(C(=O)N1CCC[C@H]1C(=O)NC(CC1CC1)C(=O)C(N)=O)C(C)(C)C)C(=O)c1ccc(OC)cc1. The highest BCUT2D eigenvalue weighted by molar-refractivity contribution is 6.37. The maximum atomic E-state index is 13.8. The number of urea groups is 1. The lowest BCUT2D eigenvalue weighted by atomic mass is 9.85. The van der Waals surface area contributed by atoms with E-state index in [0.717, 1.165) is 12.8 Å². The van der Waals surface area contributed by atoms with Crippen molar-refractivity contribution in [1.29, 1.82) is 0 Å². The van der Waals surface area contributed by atoms with Crippen LogP contribution in [-0.2, 0) is 19.2 Å². The Morgan fingerprint density at radius 2 is 1.62 bits per heavy atom. The van der Waals surface area contributed by atoms with Gasteiger partial charge in [0.15, 0.2) is 5.78 Å². The number of nitrogens with one attached hydrogen (secondary N) is 3. The molecule has 2 fully saturated rings. The molecule has 5 N–H and O–H groups in total. The summed E-state index contributed by atoms with van der Waals surface area (Å²) in [7, 11) is 1.53. The number of ether oxygens (including phenoxy) is 1. The summed E-state index contributed by atoms with van der Waals surface area (Å²) in [6.07, 6.45) is 3.41. The predicted molar refractivity (Wildman–Crippen MR) is 155 cm³/mol. The van der Waals surface area contributed by atoms with Gasteiger partial charge in [0.05, 0.1) is 19.2 Å². The van der Waals surface area contributed by atoms with E-state index in [2.05, 4.69) is 16.0 Å². The second-order valence-electron chi connectivity index (χ2n) is 12.1. The number of hydrogen-bond donors (Lipinski definition) is 4. The van der Waals surface area contributed by atoms with Crippen LogP contribution in [0.2, 0.25) is 0 Å². The molecular formula is C30H43N5O7. The number of ketones is 2. The molecule has 0 radical (unpaired) electrons. The Kier molecular flexibility index (Phi) is 10.7. The fraction of sp³-hybridized carbons (Fsp3) is 0.600. The molecule has 3 rings (SSSR count). The third kappa shape index (κ3) is 8.29. The molecule has 5 amide bonds. The van der Waals surface area contributed by atoms with Gasteiger partial charge in [-0.1, -0.05) is 40.5 Å². The smallest absolute Gasteiger partial charge is 0.316 e. The maximum Gasteiger partial charge on any atom is 0.316 e. The van der Waals surface area contributed by atoms with E-state index in [1.807, 2.05) is 0 Å². The van der Waals surface area contributed by atoms with Crippen molar-refractivity contribution in [2.45, 2.75) is 90.4 Å². The van der Waals surface area contributed by atoms with E-state index in [-0.39, 0.29) is 18.2 Å². The lowest BCUT2D eigenvalue weighted by molar-refractivity contribution is -0.143. The molecule has 12 heteroatoms. The standard InChI is InChI=1S/C30H43N5O7/c1-6-20(23(36)18-11-13-19(42-5)14-12-18)33-29(41)34-25(30(2,3)4)28(40)35-15-7-8-22(35)27(39)32-21(16-17-9-10-17)24(37)26(31)38/h11-14,17,20-22,25H,6-10,15-16H2,1-5H3,(H2,31,38)(H,32,39)(H2,33,34,41)/t20-,21?,22-,25?/m0/s1. The van der Waals surface area contributed by atoms with Crippen molar-refractivity contribution in [3.05, 3.63) is 29.8 Å². The van der Waals surface area contributed by atoms with Crippen LogP contribution in [0.25, 0.3) is 0 Å². The van der Waals surface area contributed by atoms with Crippen molar-refractivity contribution in [1.82, 2.24) is 20.9 Å². The molecule has 0 spiro atoms. The number of hydrogen-bond acceptors (Lipinski definition) is 7. The maximum absolute atomic E-state index is 13.8. The second kappa shape index (κ2) is 13.8. The van der Waals surface area contributed by atoms with Crippen LogP contribution in [0.3, 0.4) is 0 Å². The second-order valence-corrected chi connectivity index (χ2v) is 12.1. The van der Waals surface area contributed by atoms with E-state index in [4.69, 9.17) is 10.5 Å². The van der Waals surface area contributed by atoms with E-state index in [1.165, 1.54) is 12.0 Å². The highest BCUT2D eigenvalue weighted by Crippen LogP contribution is 2.34. The zero-order valence-electron chi connectivity index (χ0n) is 25.0. The first-order chi connectivity index (χ1) is 19.8. The highest BCUT2D eigenvalue weighted by Gasteiger charge is 2.43. The van der Waals surface area contributed by atoms with Crippen molar-refractivity contribution in [2.75, 3.05) is 13.7 Å². The van der Waals surface area contributed by atoms with Crippen molar-refractivity contribution < 1.29 is 33.5 Å². The lowest BCUT2D eigenvalue weighted by Crippen LogP contribution is -2.60. The molecule has 1 saturated carbocycles. The summed E-state index contributed by atoms with van der Waals surface area (Å²) < 4.78 is 5.13. The van der Waals surface area contributed by atoms with Crippen molar-refractivity contribution in [2.24, 2.45) is 17.1 Å². The average Bonchev–Trinajstić information content (AvgIpc) is 3.63. The van der Waals surface area contributed by atoms with E-state index < -0.39 is 59.1 Å². The average molecular weight is 586 g/mol. The van der Waals surface area contributed by atoms with Crippen LogP contribution in [0.4, 0.5) is 4.79 Å². The van der Waals surface area contributed by atoms with E-state index in [0.29, 0.717) is 37.0 Å². The molecule has 4 atom stereocenters. The summed E-state index contributed by atoms with van der Waals surface area (Å²) in [5.41, 5.74) is 4.87. The van der Waals surface area contributed by atoms with Crippen LogP contribution >= 0.6 is 0 Å². The molecule has 1 heterocycles. The monoisotopic (exact) mass is 585 g/mol. The number of primary amides is 1. The number of nitrogens with two attached hydrogens (primary N) is 1. The van der Waals surface area contributed by atoms with Crippen LogP contribution in [-0.4, -0.2) is 78.0 Å². The fourth-order valence-electron chi connectivity index (χ4n) is 5.12. The molecule has 0 bridgehead atoms. The Labute approximate surface area is 246 Å². The van der Waals surface area contributed by atoms with Crippen molar-refractivity contribution in [3.63, 3.8) is 0 Å². The predicted octanol–water partition coefficient (Wildman–Crippen LogP) is 1.70. The quantitative estimate of drug-likeness (QED) is 0.201. The van der Waals surface area contributed by atoms with E-state index in [1.54, 1.807) is 52.0 Å². The number of rotatable bonds is 13. The molecule has 1 aliphatic heterocycles. The van der Waals surface area contributed by atoms with Gasteiger partial charge in [-0.05, 0) is 61.3 Å². The molecule has 1 aromatic rings. The van der Waals surface area contributed by atoms with Crippen molar-refractivity contribution >= 4 is 35.3 Å². The molecule has 1 aliphatic carbocycles. The molecule has 1 saturated heterocycles. The van der Waals surface area contributed by atoms with Gasteiger partial charge >= 0.3 is 6.03 Å². The Morgan fingerprint density at radius 1 is 0.976 bits per heavy atom. The van der Waals surface area contributed by atoms with Gasteiger partial charge < -0.3 is 31.3 Å². The van der Waals surface area contributed by atoms with Crippen LogP contribution in [0.15, 0.2) is 24.3 Å². The first-order valence-electron chi connectivity index (χ1n) is 14.5. The summed E-state index contributed by atoms with van der Waals surface area (Å²) in [5.74, 6) is -2.39. The number of benzene rings is 1. The minimum atomic E-state index is -1.11. The van der Waals surface area contributed by atoms with Gasteiger partial charge in [-0.2, -0.15) is 0 Å². The molecule has 230 valence electrons. The van der Waals surface area contributed by atoms with Crippen LogP contribution in [0.1, 0.15) is 76.6 Å². The number of Topliss-reactive ketones (excluding diaryl/α,β-unsaturated/α-hetero) is 2. The third-order valence-electron chi connectivity index (χ3n) is 7.77. The fourth-order valence-corrected chi connectivity index (χ4v) is 5.12. The van der Waals surface area contributed by atoms with Gasteiger partial charge in [-0.15, -0.1) is 0 Å². The van der Waals surface area contributed by atoms with Gasteiger partial charge in [0.1, 0.15) is 17.8 Å². The number of likely N-dealkylation sites (tertiary alicyclic amines) is 1. The normalized spacial score (nSPS) is 18.8. The molecule has 2 aliphatic rings. The van der Waals surface area contributed by atoms with Gasteiger partial charge in [0, 0.05) is 12.1 Å². The zero-order valence-corrected chi connectivity index (χ0v) is 25.0. The Morgan fingerprint density at radius 3 is 2.14 bits per heavy atom. The first-order valence-corrected chi connectivity index (χ1v) is 14.5. The number of amides is 5. The van der Waals surface area contributed by atoms with Crippen LogP contribution in [0, 0.1) is 11.3 Å². The van der Waals surface area contributed by atoms with Crippen molar-refractivity contribution in [3.8, 4) is 5.75 Å². The summed E-state index contributed by atoms with van der Waals surface area (Å²) in [4.78, 5) is 78.6. The van der Waals surface area contributed by atoms with Gasteiger partial charge in [-0.25, -0.2) is 4.79 Å². The topological polar surface area (TPSA) is 177 Å². The Hall–Kier alpha value is -3.96. The van der Waals surface area contributed by atoms with Crippen LogP contribution < -0.4 is 26.4 Å². The lowest BCUT2D eigenvalue weighted by Gasteiger charge is -2.36. The Balaban J connectivity index is 1.70. The number of carbonyl (C=O) groups is 6. The number of nitrogens with zero attached hydrogens (tertiary/aromatic N) is 1. The molecular weight excluding hydrogens is 542 g/mol. The molecule has 12 nitrogen and oxygen atoms in total. The van der Waals surface area contributed by atoms with Gasteiger partial charge in [0.2, 0.25) is 17.6 Å². The summed E-state index contributed by atoms with van der Waals surface area (Å²) >= 11 is 0. The third-order valence-corrected chi connectivity index (χ3v) is 7.77. The molecule has 1 aromatic carbocycles. The molecule has 2 unspecified atom stereocenters. The summed E-state index contributed by atoms with van der Waals surface area (Å²) in [5, 5.41) is 8.07. The Bertz CT molecular complexity index is 1190. The van der Waals surface area contributed by atoms with Gasteiger partial charge in [-0.3, -0.25) is 24.0 Å². The summed E-state index contributed by atoms with van der Waals surface area (Å²) in [6.45, 7) is 7.43. The molecule has 0 aromatic heterocycles. The minimum Gasteiger partial charge on any atom is -0.497 e. The highest BCUT2D eigenvalue weighted by atomic mass is 16.5. The number of methoxy groups -OCH3 is 1. The van der Waals surface area contributed by atoms with E-state index >= 15 is 0 Å². The zero-order chi connectivity index (χ0) is 31.2. The molecule has 42 heavy (non-hydrogen) atoms. The van der Waals surface area contributed by atoms with Crippen LogP contribution in [0.5, 0.6) is 5.75 Å². The summed E-state index contributed by atoms with van der Waals surface area (Å²) in [6, 6.07) is 2.13. The van der Waals surface area contributed by atoms with E-state index in [9.17, 15) is 28.8 Å². The van der Waals surface area contributed by atoms with Gasteiger partial charge in [0.25, 0.3) is 5.91 Å². The number of carbonyl (C=O) groups excluding carboxylic acids is 6. The first kappa shape index (κ1) is 32.6. The minimum absolute atomic E-state index is 0.247. The largest absolute Gasteiger partial charge is 0.497 e.